The van der Waals surface area contributed by atoms with Crippen molar-refractivity contribution in [3.8, 4) is 5.75 Å². The van der Waals surface area contributed by atoms with Crippen LogP contribution < -0.4 is 14.8 Å². The number of halogens is 4. The monoisotopic (exact) mass is 613 g/mol. The maximum absolute atomic E-state index is 14.6. The molecular formula is C27H31F4N5O3S2. The Balaban J connectivity index is 1.62. The van der Waals surface area contributed by atoms with Crippen LogP contribution in [0.3, 0.4) is 0 Å². The van der Waals surface area contributed by atoms with Crippen LogP contribution in [0.2, 0.25) is 0 Å². The lowest BCUT2D eigenvalue weighted by Crippen LogP contribution is -2.45. The summed E-state index contributed by atoms with van der Waals surface area (Å²) in [6.45, 7) is 6.77. The zero-order valence-electron chi connectivity index (χ0n) is 23.1. The number of likely N-dealkylation sites (tertiary alicyclic amines) is 1. The Hall–Kier alpha value is -2.94. The van der Waals surface area contributed by atoms with E-state index in [9.17, 15) is 26.9 Å². The van der Waals surface area contributed by atoms with Gasteiger partial charge in [0.1, 0.15) is 27.6 Å². The van der Waals surface area contributed by atoms with Crippen LogP contribution >= 0.6 is 11.5 Å². The Bertz CT molecular complexity index is 1380. The van der Waals surface area contributed by atoms with Crippen molar-refractivity contribution in [2.24, 2.45) is 0 Å². The Morgan fingerprint density at radius 1 is 1.22 bits per heavy atom. The molecule has 1 aromatic heterocycles. The molecule has 14 heteroatoms. The highest BCUT2D eigenvalue weighted by Crippen LogP contribution is 2.43. The third-order valence-electron chi connectivity index (χ3n) is 6.96. The first-order valence-electron chi connectivity index (χ1n) is 12.7. The van der Waals surface area contributed by atoms with Gasteiger partial charge in [0, 0.05) is 24.5 Å². The van der Waals surface area contributed by atoms with Gasteiger partial charge < -0.3 is 19.5 Å². The van der Waals surface area contributed by atoms with Crippen LogP contribution in [0, 0.1) is 12.7 Å². The minimum Gasteiger partial charge on any atom is -0.598 e. The fourth-order valence-corrected chi connectivity index (χ4v) is 6.18. The van der Waals surface area contributed by atoms with E-state index in [0.29, 0.717) is 22.6 Å². The fraction of sp³-hybridized carbons (Fsp3) is 0.444. The van der Waals surface area contributed by atoms with E-state index < -0.39 is 39.8 Å². The maximum atomic E-state index is 14.6. The molecule has 2 amide bonds. The lowest BCUT2D eigenvalue weighted by atomic mass is 9.80. The number of aryl methyl sites for hydroxylation is 1. The minimum atomic E-state index is -4.77. The lowest BCUT2D eigenvalue weighted by molar-refractivity contribution is -0.153. The predicted octanol–water partition coefficient (Wildman–Crippen LogP) is 5.87. The first-order valence-corrected chi connectivity index (χ1v) is 14.6. The standard InChI is InChI=1S/C27H31F4N5O3S2/c1-16-6-8-18(13-19(16)28)26(23-32-15-33-40-23)10-11-36(14-26)24(37)34-20-12-17(7-9-21(20)39-5)22(27(29,30)31)35-41(38)25(2,3)4/h6-9,12-13,15,22,35H,10-11,14H2,1-5H3,(H,34,37)/t22-,26+,41+/m1/s1. The van der Waals surface area contributed by atoms with Crippen molar-refractivity contribution in [2.75, 3.05) is 25.5 Å². The summed E-state index contributed by atoms with van der Waals surface area (Å²) in [7, 11) is 1.33. The quantitative estimate of drug-likeness (QED) is 0.255. The summed E-state index contributed by atoms with van der Waals surface area (Å²) in [6, 6.07) is 5.77. The van der Waals surface area contributed by atoms with E-state index in [1.807, 2.05) is 0 Å². The zero-order chi connectivity index (χ0) is 30.2. The first kappa shape index (κ1) is 31.0. The molecule has 2 aromatic carbocycles. The summed E-state index contributed by atoms with van der Waals surface area (Å²) in [5.41, 5.74) is 0.103. The van der Waals surface area contributed by atoms with Crippen molar-refractivity contribution in [2.45, 2.75) is 56.5 Å². The van der Waals surface area contributed by atoms with E-state index in [2.05, 4.69) is 19.4 Å². The summed E-state index contributed by atoms with van der Waals surface area (Å²) in [5, 5.41) is 3.30. The topological polar surface area (TPSA) is 102 Å². The van der Waals surface area contributed by atoms with Crippen molar-refractivity contribution in [1.82, 2.24) is 19.0 Å². The van der Waals surface area contributed by atoms with Crippen molar-refractivity contribution in [1.29, 1.82) is 0 Å². The number of carbonyl (C=O) groups is 1. The number of hydrogen-bond acceptors (Lipinski definition) is 7. The number of nitrogens with zero attached hydrogens (tertiary/aromatic N) is 3. The summed E-state index contributed by atoms with van der Waals surface area (Å²) in [6.07, 6.45) is -2.92. The van der Waals surface area contributed by atoms with Gasteiger partial charge in [0.15, 0.2) is 6.04 Å². The van der Waals surface area contributed by atoms with Crippen LogP contribution in [0.4, 0.5) is 28.0 Å². The van der Waals surface area contributed by atoms with Gasteiger partial charge in [0.05, 0.1) is 18.2 Å². The molecule has 0 unspecified atom stereocenters. The van der Waals surface area contributed by atoms with Gasteiger partial charge in [-0.3, -0.25) is 0 Å². The molecular weight excluding hydrogens is 582 g/mol. The molecule has 0 spiro atoms. The molecule has 4 rings (SSSR count). The van der Waals surface area contributed by atoms with Crippen LogP contribution in [0.25, 0.3) is 0 Å². The average Bonchev–Trinajstić information content (AvgIpc) is 3.59. The number of rotatable bonds is 7. The number of anilines is 1. The molecule has 1 aliphatic rings. The Labute approximate surface area is 243 Å². The van der Waals surface area contributed by atoms with E-state index >= 15 is 0 Å². The molecule has 2 heterocycles. The normalized spacial score (nSPS) is 19.2. The molecule has 0 saturated carbocycles. The van der Waals surface area contributed by atoms with Crippen molar-refractivity contribution >= 4 is 34.6 Å². The number of urea groups is 1. The Kier molecular flexibility index (Phi) is 8.88. The fourth-order valence-electron chi connectivity index (χ4n) is 4.60. The summed E-state index contributed by atoms with van der Waals surface area (Å²) < 4.78 is 79.9. The molecule has 222 valence electrons. The summed E-state index contributed by atoms with van der Waals surface area (Å²) in [4.78, 5) is 19.3. The van der Waals surface area contributed by atoms with Gasteiger partial charge in [0.2, 0.25) is 0 Å². The number of methoxy groups -OCH3 is 1. The second-order valence-electron chi connectivity index (χ2n) is 10.8. The number of amides is 2. The average molecular weight is 614 g/mol. The van der Waals surface area contributed by atoms with Crippen LogP contribution in [-0.2, 0) is 16.8 Å². The van der Waals surface area contributed by atoms with Crippen LogP contribution in [0.1, 0.15) is 54.9 Å². The SMILES string of the molecule is COc1ccc([C@@H](N[S@@+]([O-])C(C)(C)C)C(F)(F)F)cc1NC(=O)N1CC[C@](c2ccc(C)c(F)c2)(c2ncns2)C1. The second-order valence-corrected chi connectivity index (χ2v) is 13.6. The van der Waals surface area contributed by atoms with E-state index in [1.165, 1.54) is 36.5 Å². The predicted molar refractivity (Wildman–Crippen MR) is 150 cm³/mol. The molecule has 0 radical (unpaired) electrons. The van der Waals surface area contributed by atoms with E-state index in [1.54, 1.807) is 39.8 Å². The molecule has 2 N–H and O–H groups in total. The van der Waals surface area contributed by atoms with Crippen molar-refractivity contribution in [3.05, 3.63) is 70.2 Å². The van der Waals surface area contributed by atoms with Gasteiger partial charge in [-0.1, -0.05) is 18.2 Å². The number of nitrogens with one attached hydrogen (secondary N) is 2. The Morgan fingerprint density at radius 2 is 1.95 bits per heavy atom. The van der Waals surface area contributed by atoms with E-state index in [0.717, 1.165) is 17.6 Å². The highest BCUT2D eigenvalue weighted by Gasteiger charge is 2.47. The molecule has 3 atom stereocenters. The largest absolute Gasteiger partial charge is 0.598 e. The van der Waals surface area contributed by atoms with Crippen LogP contribution in [-0.4, -0.2) is 56.0 Å². The van der Waals surface area contributed by atoms with Gasteiger partial charge in [-0.15, -0.1) is 4.72 Å². The van der Waals surface area contributed by atoms with Gasteiger partial charge >= 0.3 is 12.2 Å². The number of ether oxygens (including phenoxy) is 1. The first-order chi connectivity index (χ1) is 19.2. The summed E-state index contributed by atoms with van der Waals surface area (Å²) in [5.74, 6) is -0.230. The highest BCUT2D eigenvalue weighted by atomic mass is 32.2. The highest BCUT2D eigenvalue weighted by molar-refractivity contribution is 7.90. The third-order valence-corrected chi connectivity index (χ3v) is 9.39. The molecule has 1 aliphatic heterocycles. The molecule has 0 bridgehead atoms. The zero-order valence-corrected chi connectivity index (χ0v) is 24.8. The molecule has 41 heavy (non-hydrogen) atoms. The Morgan fingerprint density at radius 3 is 2.54 bits per heavy atom. The third kappa shape index (κ3) is 6.60. The van der Waals surface area contributed by atoms with Crippen LogP contribution in [0.5, 0.6) is 5.75 Å². The van der Waals surface area contributed by atoms with Crippen LogP contribution in [0.15, 0.2) is 42.7 Å². The van der Waals surface area contributed by atoms with Gasteiger partial charge in [0.25, 0.3) is 0 Å². The number of hydrogen-bond donors (Lipinski definition) is 2. The molecule has 1 saturated heterocycles. The van der Waals surface area contributed by atoms with E-state index in [4.69, 9.17) is 4.74 Å². The lowest BCUT2D eigenvalue weighted by Gasteiger charge is -2.29. The van der Waals surface area contributed by atoms with Crippen molar-refractivity contribution < 1.29 is 31.6 Å². The molecule has 1 fully saturated rings. The molecule has 8 nitrogen and oxygen atoms in total. The minimum absolute atomic E-state index is 0.0161. The second kappa shape index (κ2) is 11.7. The number of aromatic nitrogens is 2. The van der Waals surface area contributed by atoms with Crippen molar-refractivity contribution in [3.63, 3.8) is 0 Å². The number of carbonyl (C=O) groups excluding carboxylic acids is 1. The number of benzene rings is 2. The smallest absolute Gasteiger partial charge is 0.412 e. The summed E-state index contributed by atoms with van der Waals surface area (Å²) >= 11 is -0.858. The molecule has 3 aromatic rings. The number of alkyl halides is 3. The van der Waals surface area contributed by atoms with Gasteiger partial charge in [-0.05, 0) is 80.5 Å². The van der Waals surface area contributed by atoms with Gasteiger partial charge in [-0.2, -0.15) is 17.5 Å². The molecule has 0 aliphatic carbocycles. The van der Waals surface area contributed by atoms with Gasteiger partial charge in [-0.25, -0.2) is 14.2 Å². The van der Waals surface area contributed by atoms with E-state index in [-0.39, 0.29) is 35.9 Å². The maximum Gasteiger partial charge on any atom is 0.412 e.